The minimum atomic E-state index is -0.368. The molecule has 2 aromatic rings. The van der Waals surface area contributed by atoms with Crippen LogP contribution in [0.25, 0.3) is 0 Å². The van der Waals surface area contributed by atoms with E-state index < -0.39 is 0 Å². The van der Waals surface area contributed by atoms with Crippen LogP contribution in [0.3, 0.4) is 0 Å². The molecule has 0 radical (unpaired) electrons. The number of rotatable bonds is 3. The first-order valence-electron chi connectivity index (χ1n) is 5.76. The van der Waals surface area contributed by atoms with Crippen LogP contribution in [0.2, 0.25) is 0 Å². The molecule has 0 unspecified atom stereocenters. The number of aryl methyl sites for hydroxylation is 1. The van der Waals surface area contributed by atoms with Gasteiger partial charge in [-0.25, -0.2) is 4.39 Å². The molecule has 3 nitrogen and oxygen atoms in total. The molecule has 0 fully saturated rings. The molecule has 0 bridgehead atoms. The van der Waals surface area contributed by atoms with Gasteiger partial charge in [0.15, 0.2) is 0 Å². The maximum Gasteiger partial charge on any atom is 0.145 e. The van der Waals surface area contributed by atoms with Gasteiger partial charge in [0.2, 0.25) is 0 Å². The Morgan fingerprint density at radius 2 is 2.05 bits per heavy atom. The van der Waals surface area contributed by atoms with Gasteiger partial charge in [-0.2, -0.15) is 5.26 Å². The maximum absolute atomic E-state index is 13.1. The van der Waals surface area contributed by atoms with E-state index in [1.807, 2.05) is 19.1 Å². The number of ether oxygens (including phenoxy) is 1. The van der Waals surface area contributed by atoms with Gasteiger partial charge in [-0.15, -0.1) is 0 Å². The fourth-order valence-corrected chi connectivity index (χ4v) is 1.83. The van der Waals surface area contributed by atoms with Crippen LogP contribution in [-0.2, 0) is 0 Å². The average Bonchev–Trinajstić information content (AvgIpc) is 2.42. The zero-order chi connectivity index (χ0) is 13.8. The lowest BCUT2D eigenvalue weighted by Gasteiger charge is -2.14. The number of methoxy groups -OCH3 is 1. The minimum Gasteiger partial charge on any atom is -0.494 e. The largest absolute Gasteiger partial charge is 0.494 e. The van der Waals surface area contributed by atoms with Crippen LogP contribution in [-0.4, -0.2) is 7.11 Å². The normalized spacial score (nSPS) is 9.79. The number of para-hydroxylation sites is 1. The molecule has 4 heteroatoms. The molecule has 0 aromatic heterocycles. The first kappa shape index (κ1) is 12.9. The molecule has 0 spiro atoms. The summed E-state index contributed by atoms with van der Waals surface area (Å²) in [7, 11) is 1.48. The van der Waals surface area contributed by atoms with E-state index in [4.69, 9.17) is 10.00 Å². The first-order chi connectivity index (χ1) is 9.15. The highest BCUT2D eigenvalue weighted by Crippen LogP contribution is 2.31. The summed E-state index contributed by atoms with van der Waals surface area (Å²) >= 11 is 0. The fourth-order valence-electron chi connectivity index (χ4n) is 1.83. The predicted molar refractivity (Wildman–Crippen MR) is 72.1 cm³/mol. The van der Waals surface area contributed by atoms with Crippen molar-refractivity contribution in [3.8, 4) is 11.8 Å². The molecule has 0 aliphatic rings. The van der Waals surface area contributed by atoms with Crippen LogP contribution in [0.15, 0.2) is 36.4 Å². The summed E-state index contributed by atoms with van der Waals surface area (Å²) < 4.78 is 18.3. The molecule has 0 atom stereocenters. The fraction of sp³-hybridized carbons (Fsp3) is 0.133. The highest BCUT2D eigenvalue weighted by molar-refractivity contribution is 5.73. The van der Waals surface area contributed by atoms with Crippen molar-refractivity contribution < 1.29 is 9.13 Å². The summed E-state index contributed by atoms with van der Waals surface area (Å²) in [6.45, 7) is 1.90. The second-order valence-electron chi connectivity index (χ2n) is 4.08. The Labute approximate surface area is 111 Å². The van der Waals surface area contributed by atoms with Gasteiger partial charge in [0.1, 0.15) is 17.6 Å². The van der Waals surface area contributed by atoms with Crippen LogP contribution in [0.1, 0.15) is 11.1 Å². The summed E-state index contributed by atoms with van der Waals surface area (Å²) in [6, 6.07) is 11.8. The molecule has 2 rings (SSSR count). The topological polar surface area (TPSA) is 45.0 Å². The third-order valence-electron chi connectivity index (χ3n) is 2.82. The maximum atomic E-state index is 13.1. The molecule has 0 saturated heterocycles. The summed E-state index contributed by atoms with van der Waals surface area (Å²) in [5.41, 5.74) is 2.79. The van der Waals surface area contributed by atoms with Crippen molar-refractivity contribution in [3.63, 3.8) is 0 Å². The van der Waals surface area contributed by atoms with Gasteiger partial charge in [0, 0.05) is 6.07 Å². The Bertz CT molecular complexity index is 647. The van der Waals surface area contributed by atoms with Crippen LogP contribution in [0.4, 0.5) is 15.8 Å². The smallest absolute Gasteiger partial charge is 0.145 e. The molecular weight excluding hydrogens is 243 g/mol. The van der Waals surface area contributed by atoms with E-state index in [2.05, 4.69) is 11.4 Å². The highest BCUT2D eigenvalue weighted by Gasteiger charge is 2.09. The Morgan fingerprint density at radius 3 is 2.74 bits per heavy atom. The molecule has 0 amide bonds. The van der Waals surface area contributed by atoms with Crippen molar-refractivity contribution >= 4 is 11.4 Å². The first-order valence-corrected chi connectivity index (χ1v) is 5.76. The van der Waals surface area contributed by atoms with Crippen molar-refractivity contribution in [2.45, 2.75) is 6.92 Å². The average molecular weight is 256 g/mol. The molecular formula is C15H13FN2O. The van der Waals surface area contributed by atoms with Crippen molar-refractivity contribution in [2.75, 3.05) is 12.4 Å². The van der Waals surface area contributed by atoms with Gasteiger partial charge < -0.3 is 10.1 Å². The van der Waals surface area contributed by atoms with Crippen LogP contribution >= 0.6 is 0 Å². The number of nitrogens with zero attached hydrogens (tertiary/aromatic N) is 1. The molecule has 96 valence electrons. The number of halogens is 1. The molecule has 0 saturated carbocycles. The van der Waals surface area contributed by atoms with Crippen molar-refractivity contribution in [2.24, 2.45) is 0 Å². The molecule has 1 N–H and O–H groups in total. The predicted octanol–water partition coefficient (Wildman–Crippen LogP) is 3.76. The van der Waals surface area contributed by atoms with Gasteiger partial charge in [0.25, 0.3) is 0 Å². The number of benzene rings is 2. The molecule has 0 heterocycles. The van der Waals surface area contributed by atoms with E-state index in [0.717, 1.165) is 5.56 Å². The van der Waals surface area contributed by atoms with E-state index in [-0.39, 0.29) is 5.82 Å². The number of nitrogens with one attached hydrogen (secondary N) is 1. The third kappa shape index (κ3) is 2.66. The van der Waals surface area contributed by atoms with Crippen molar-refractivity contribution in [3.05, 3.63) is 53.3 Å². The second kappa shape index (κ2) is 5.40. The number of hydrogen-bond acceptors (Lipinski definition) is 3. The Kier molecular flexibility index (Phi) is 3.67. The van der Waals surface area contributed by atoms with Gasteiger partial charge >= 0.3 is 0 Å². The van der Waals surface area contributed by atoms with Gasteiger partial charge in [0.05, 0.1) is 24.0 Å². The van der Waals surface area contributed by atoms with Crippen molar-refractivity contribution in [1.82, 2.24) is 0 Å². The van der Waals surface area contributed by atoms with E-state index in [9.17, 15) is 4.39 Å². The second-order valence-corrected chi connectivity index (χ2v) is 4.08. The highest BCUT2D eigenvalue weighted by atomic mass is 19.1. The third-order valence-corrected chi connectivity index (χ3v) is 2.82. The van der Waals surface area contributed by atoms with E-state index in [1.54, 1.807) is 12.1 Å². The van der Waals surface area contributed by atoms with Crippen LogP contribution < -0.4 is 10.1 Å². The zero-order valence-electron chi connectivity index (χ0n) is 10.7. The monoisotopic (exact) mass is 256 g/mol. The lowest BCUT2D eigenvalue weighted by atomic mass is 10.1. The lowest BCUT2D eigenvalue weighted by molar-refractivity contribution is 0.413. The molecule has 0 aliphatic heterocycles. The number of anilines is 2. The number of nitriles is 1. The van der Waals surface area contributed by atoms with E-state index >= 15 is 0 Å². The molecule has 19 heavy (non-hydrogen) atoms. The summed E-state index contributed by atoms with van der Waals surface area (Å²) in [6.07, 6.45) is 0. The Hall–Kier alpha value is -2.54. The van der Waals surface area contributed by atoms with Gasteiger partial charge in [-0.3, -0.25) is 0 Å². The van der Waals surface area contributed by atoms with E-state index in [0.29, 0.717) is 22.7 Å². The Morgan fingerprint density at radius 1 is 1.26 bits per heavy atom. The van der Waals surface area contributed by atoms with Gasteiger partial charge in [-0.1, -0.05) is 12.1 Å². The van der Waals surface area contributed by atoms with Crippen LogP contribution in [0.5, 0.6) is 5.75 Å². The standard InChI is InChI=1S/C15H13FN2O/c1-10-4-3-5-11(9-17)15(10)18-13-7-6-12(16)8-14(13)19-2/h3-8,18H,1-2H3. The molecule has 0 aliphatic carbocycles. The lowest BCUT2D eigenvalue weighted by Crippen LogP contribution is -1.99. The summed E-state index contributed by atoms with van der Waals surface area (Å²) in [4.78, 5) is 0. The zero-order valence-corrected chi connectivity index (χ0v) is 10.7. The SMILES string of the molecule is COc1cc(F)ccc1Nc1c(C)cccc1C#N. The minimum absolute atomic E-state index is 0.368. The summed E-state index contributed by atoms with van der Waals surface area (Å²) in [5.74, 6) is 0.0276. The quantitative estimate of drug-likeness (QED) is 0.909. The van der Waals surface area contributed by atoms with Gasteiger partial charge in [-0.05, 0) is 30.7 Å². The van der Waals surface area contributed by atoms with E-state index in [1.165, 1.54) is 19.2 Å². The van der Waals surface area contributed by atoms with Crippen LogP contribution in [0, 0.1) is 24.1 Å². The molecule has 2 aromatic carbocycles. The number of hydrogen-bond donors (Lipinski definition) is 1. The summed E-state index contributed by atoms with van der Waals surface area (Å²) in [5, 5.41) is 12.2. The Balaban J connectivity index is 2.45. The van der Waals surface area contributed by atoms with Crippen molar-refractivity contribution in [1.29, 1.82) is 5.26 Å².